The average molecular weight is 444 g/mol. The Hall–Kier alpha value is -2.86. The highest BCUT2D eigenvalue weighted by atomic mass is 16.5. The van der Waals surface area contributed by atoms with Crippen LogP contribution >= 0.6 is 0 Å². The van der Waals surface area contributed by atoms with Gasteiger partial charge in [0.15, 0.2) is 0 Å². The van der Waals surface area contributed by atoms with E-state index in [1.807, 2.05) is 6.92 Å². The number of rotatable bonds is 8. The standard InChI is InChI=1S/C28H33N3O2/c1-2-33-24-13-11-22(12-14-24)19-29-15-17-30(18-16-29)20-23(32)21-31-27-9-5-3-7-25(27)26-8-4-6-10-28(26)31/h3-14,23,32H,2,15-21H2,1H3/t23-/m1/s1. The lowest BCUT2D eigenvalue weighted by molar-refractivity contribution is 0.0634. The Bertz CT molecular complexity index is 1140. The van der Waals surface area contributed by atoms with Crippen molar-refractivity contribution < 1.29 is 9.84 Å². The van der Waals surface area contributed by atoms with E-state index in [2.05, 4.69) is 87.2 Å². The first-order valence-corrected chi connectivity index (χ1v) is 12.0. The molecule has 1 N–H and O–H groups in total. The Kier molecular flexibility index (Phi) is 6.63. The molecule has 1 saturated heterocycles. The lowest BCUT2D eigenvalue weighted by atomic mass is 10.2. The first-order chi connectivity index (χ1) is 16.2. The van der Waals surface area contributed by atoms with Gasteiger partial charge in [-0.05, 0) is 36.8 Å². The maximum Gasteiger partial charge on any atom is 0.119 e. The molecule has 1 aliphatic heterocycles. The number of aromatic nitrogens is 1. The molecule has 1 atom stereocenters. The van der Waals surface area contributed by atoms with E-state index in [1.54, 1.807) is 0 Å². The zero-order valence-corrected chi connectivity index (χ0v) is 19.4. The van der Waals surface area contributed by atoms with Gasteiger partial charge in [0.1, 0.15) is 5.75 Å². The fourth-order valence-electron chi connectivity index (χ4n) is 5.01. The fourth-order valence-corrected chi connectivity index (χ4v) is 5.01. The molecule has 2 heterocycles. The topological polar surface area (TPSA) is 40.9 Å². The van der Waals surface area contributed by atoms with Crippen molar-refractivity contribution in [3.63, 3.8) is 0 Å². The van der Waals surface area contributed by atoms with E-state index >= 15 is 0 Å². The molecule has 0 saturated carbocycles. The smallest absolute Gasteiger partial charge is 0.119 e. The van der Waals surface area contributed by atoms with Gasteiger partial charge in [-0.1, -0.05) is 48.5 Å². The van der Waals surface area contributed by atoms with Crippen LogP contribution in [-0.4, -0.2) is 64.9 Å². The third-order valence-corrected chi connectivity index (χ3v) is 6.65. The summed E-state index contributed by atoms with van der Waals surface area (Å²) in [5.41, 5.74) is 3.70. The normalized spacial score (nSPS) is 16.4. The summed E-state index contributed by atoms with van der Waals surface area (Å²) in [6.45, 7) is 9.01. The number of nitrogens with zero attached hydrogens (tertiary/aromatic N) is 3. The molecule has 0 radical (unpaired) electrons. The highest BCUT2D eigenvalue weighted by Gasteiger charge is 2.20. The first-order valence-electron chi connectivity index (χ1n) is 12.0. The number of aliphatic hydroxyl groups is 1. The Morgan fingerprint density at radius 2 is 1.33 bits per heavy atom. The molecule has 1 aliphatic rings. The van der Waals surface area contributed by atoms with Crippen LogP contribution in [0.1, 0.15) is 12.5 Å². The number of benzene rings is 3. The van der Waals surface area contributed by atoms with Crippen molar-refractivity contribution in [1.29, 1.82) is 0 Å². The summed E-state index contributed by atoms with van der Waals surface area (Å²) in [6.07, 6.45) is -0.401. The van der Waals surface area contributed by atoms with Crippen LogP contribution in [0, 0.1) is 0 Å². The van der Waals surface area contributed by atoms with Crippen molar-refractivity contribution in [3.05, 3.63) is 78.4 Å². The van der Waals surface area contributed by atoms with E-state index < -0.39 is 6.10 Å². The molecule has 0 unspecified atom stereocenters. The Morgan fingerprint density at radius 3 is 1.94 bits per heavy atom. The second-order valence-corrected chi connectivity index (χ2v) is 8.95. The monoisotopic (exact) mass is 443 g/mol. The number of ether oxygens (including phenoxy) is 1. The van der Waals surface area contributed by atoms with Gasteiger partial charge in [-0.15, -0.1) is 0 Å². The number of β-amino-alcohol motifs (C(OH)–C–C–N with tert-alkyl or cyclic N) is 1. The summed E-state index contributed by atoms with van der Waals surface area (Å²) >= 11 is 0. The van der Waals surface area contributed by atoms with Gasteiger partial charge in [-0.3, -0.25) is 9.80 Å². The number of hydrogen-bond acceptors (Lipinski definition) is 4. The van der Waals surface area contributed by atoms with Crippen LogP contribution in [0.4, 0.5) is 0 Å². The predicted octanol–water partition coefficient (Wildman–Crippen LogP) is 4.37. The van der Waals surface area contributed by atoms with Crippen LogP contribution in [0.3, 0.4) is 0 Å². The number of fused-ring (bicyclic) bond motifs is 3. The number of para-hydroxylation sites is 2. The lowest BCUT2D eigenvalue weighted by Gasteiger charge is -2.35. The highest BCUT2D eigenvalue weighted by Crippen LogP contribution is 2.29. The summed E-state index contributed by atoms with van der Waals surface area (Å²) in [4.78, 5) is 4.89. The van der Waals surface area contributed by atoms with E-state index in [-0.39, 0.29) is 0 Å². The molecule has 3 aromatic carbocycles. The van der Waals surface area contributed by atoms with Gasteiger partial charge >= 0.3 is 0 Å². The van der Waals surface area contributed by atoms with Gasteiger partial charge in [0, 0.05) is 61.1 Å². The Morgan fingerprint density at radius 1 is 0.758 bits per heavy atom. The number of hydrogen-bond donors (Lipinski definition) is 1. The number of aliphatic hydroxyl groups excluding tert-OH is 1. The minimum atomic E-state index is -0.401. The predicted molar refractivity (Wildman–Crippen MR) is 135 cm³/mol. The minimum absolute atomic E-state index is 0.401. The van der Waals surface area contributed by atoms with Crippen LogP contribution in [0.5, 0.6) is 5.75 Å². The van der Waals surface area contributed by atoms with Gasteiger partial charge in [-0.2, -0.15) is 0 Å². The second kappa shape index (κ2) is 9.96. The summed E-state index contributed by atoms with van der Waals surface area (Å²) < 4.78 is 7.82. The van der Waals surface area contributed by atoms with Crippen molar-refractivity contribution in [2.75, 3.05) is 39.3 Å². The maximum absolute atomic E-state index is 11.0. The van der Waals surface area contributed by atoms with Crippen molar-refractivity contribution in [2.24, 2.45) is 0 Å². The summed E-state index contributed by atoms with van der Waals surface area (Å²) in [6, 6.07) is 25.4. The second-order valence-electron chi connectivity index (χ2n) is 8.95. The van der Waals surface area contributed by atoms with E-state index in [0.29, 0.717) is 19.7 Å². The molecule has 4 aromatic rings. The van der Waals surface area contributed by atoms with Gasteiger partial charge in [0.2, 0.25) is 0 Å². The Balaban J connectivity index is 1.17. The van der Waals surface area contributed by atoms with Gasteiger partial charge in [0.25, 0.3) is 0 Å². The van der Waals surface area contributed by atoms with Gasteiger partial charge < -0.3 is 14.4 Å². The Labute approximate surface area is 195 Å². The van der Waals surface area contributed by atoms with Crippen molar-refractivity contribution in [3.8, 4) is 5.75 Å². The average Bonchev–Trinajstić information content (AvgIpc) is 3.15. The van der Waals surface area contributed by atoms with Crippen LogP contribution in [0.25, 0.3) is 21.8 Å². The van der Waals surface area contributed by atoms with E-state index in [9.17, 15) is 5.11 Å². The van der Waals surface area contributed by atoms with Crippen LogP contribution in [0.15, 0.2) is 72.8 Å². The first kappa shape index (κ1) is 22.0. The third-order valence-electron chi connectivity index (χ3n) is 6.65. The van der Waals surface area contributed by atoms with Crippen LogP contribution in [0.2, 0.25) is 0 Å². The zero-order valence-electron chi connectivity index (χ0n) is 19.4. The van der Waals surface area contributed by atoms with Crippen molar-refractivity contribution in [2.45, 2.75) is 26.1 Å². The maximum atomic E-state index is 11.0. The van der Waals surface area contributed by atoms with Gasteiger partial charge in [-0.25, -0.2) is 0 Å². The molecular weight excluding hydrogens is 410 g/mol. The molecule has 1 fully saturated rings. The van der Waals surface area contributed by atoms with Crippen molar-refractivity contribution in [1.82, 2.24) is 14.4 Å². The number of piperazine rings is 1. The van der Waals surface area contributed by atoms with E-state index in [4.69, 9.17) is 4.74 Å². The van der Waals surface area contributed by atoms with E-state index in [0.717, 1.165) is 38.5 Å². The minimum Gasteiger partial charge on any atom is -0.494 e. The lowest BCUT2D eigenvalue weighted by Crippen LogP contribution is -2.48. The molecule has 0 bridgehead atoms. The molecule has 172 valence electrons. The quantitative estimate of drug-likeness (QED) is 0.439. The molecule has 33 heavy (non-hydrogen) atoms. The summed E-state index contributed by atoms with van der Waals surface area (Å²) in [5.74, 6) is 0.934. The molecule has 0 amide bonds. The van der Waals surface area contributed by atoms with Crippen LogP contribution < -0.4 is 4.74 Å². The fraction of sp³-hybridized carbons (Fsp3) is 0.357. The summed E-state index contributed by atoms with van der Waals surface area (Å²) in [7, 11) is 0. The highest BCUT2D eigenvalue weighted by molar-refractivity contribution is 6.07. The molecular formula is C28H33N3O2. The molecule has 0 aliphatic carbocycles. The third kappa shape index (κ3) is 4.91. The zero-order chi connectivity index (χ0) is 22.6. The molecule has 5 rings (SSSR count). The van der Waals surface area contributed by atoms with Crippen molar-refractivity contribution >= 4 is 21.8 Å². The molecule has 1 aromatic heterocycles. The van der Waals surface area contributed by atoms with E-state index in [1.165, 1.54) is 27.4 Å². The molecule has 5 nitrogen and oxygen atoms in total. The largest absolute Gasteiger partial charge is 0.494 e. The SMILES string of the molecule is CCOc1ccc(CN2CCN(C[C@@H](O)Cn3c4ccccc4c4ccccc43)CC2)cc1. The molecule has 5 heteroatoms. The van der Waals surface area contributed by atoms with Crippen LogP contribution in [-0.2, 0) is 13.1 Å². The summed E-state index contributed by atoms with van der Waals surface area (Å²) in [5, 5.41) is 13.5. The van der Waals surface area contributed by atoms with Gasteiger partial charge in [0.05, 0.1) is 19.3 Å². The molecule has 0 spiro atoms.